The number of amides is 8. The number of carbonyl (C=O) groups excluding carboxylic acids is 9. The number of carbonyl (C=O) groups is 10. The zero-order valence-corrected chi connectivity index (χ0v) is 35.8. The molecule has 0 unspecified atom stereocenters. The fraction of sp³-hybridized carbons (Fsp3) is 0.737. The Morgan fingerprint density at radius 2 is 1.32 bits per heavy atom. The summed E-state index contributed by atoms with van der Waals surface area (Å²) in [6.45, 7) is 6.61. The van der Waals surface area contributed by atoms with Gasteiger partial charge in [-0.2, -0.15) is 11.8 Å². The number of carboxylic acid groups (broad SMARTS) is 1. The van der Waals surface area contributed by atoms with Gasteiger partial charge in [-0.1, -0.05) is 27.7 Å². The van der Waals surface area contributed by atoms with Crippen molar-refractivity contribution in [2.75, 3.05) is 31.7 Å². The van der Waals surface area contributed by atoms with Crippen molar-refractivity contribution < 1.29 is 58.2 Å². The summed E-state index contributed by atoms with van der Waals surface area (Å²) in [4.78, 5) is 132. The number of thioether (sulfide) groups is 1. The number of aliphatic hydroxyl groups excluding tert-OH is 1. The minimum absolute atomic E-state index is 0.0694. The summed E-state index contributed by atoms with van der Waals surface area (Å²) in [5.74, 6) is -7.29. The third-order valence-corrected chi connectivity index (χ3v) is 10.8. The third-order valence-electron chi connectivity index (χ3n) is 10.2. The Balaban J connectivity index is 2.26. The van der Waals surface area contributed by atoms with Crippen LogP contribution in [-0.2, 0) is 47.9 Å². The number of nitrogens with two attached hydrogens (primary N) is 2. The van der Waals surface area contributed by atoms with Crippen molar-refractivity contribution in [3.05, 3.63) is 0 Å². The summed E-state index contributed by atoms with van der Waals surface area (Å²) in [6.07, 6.45) is 2.69. The SMILES string of the molecule is CSCC[C@H](NC(=O)[C@@H](N)CO)C(=O)N1CCC[C@H]1C(=O)N[C@@H](CC(N)=O)C(=O)N[C@@H](CC(C)C)C(=O)N[C@H](C(=O)N1CCC[C@H]1C(=O)N[C@H](C=O)CCC(=O)O)C(C)C. The van der Waals surface area contributed by atoms with Crippen molar-refractivity contribution in [2.24, 2.45) is 23.3 Å². The standard InChI is InChI=1S/C38H63N9O12S/c1-20(2)16-25(34(55)45-31(21(3)4)38(59)47-14-7-8-27(47)35(56)41-22(18-48)10-11-30(51)52)43-33(54)26(17-29(40)50)44-36(57)28-9-6-13-46(28)37(58)24(12-15-60-5)42-32(53)23(39)19-49/h18,20-28,31,49H,6-17,19,39H2,1-5H3,(H2,40,50)(H,41,56)(H,42,53)(H,43,54)(H,44,57)(H,45,55)(H,51,52)/t22-,23-,24-,25-,26-,27-,28-,31-/m0/s1. The molecule has 2 heterocycles. The lowest BCUT2D eigenvalue weighted by atomic mass is 9.98. The number of hydrogen-bond acceptors (Lipinski definition) is 13. The van der Waals surface area contributed by atoms with Gasteiger partial charge in [-0.15, -0.1) is 0 Å². The molecule has 60 heavy (non-hydrogen) atoms. The van der Waals surface area contributed by atoms with Crippen LogP contribution in [0.25, 0.3) is 0 Å². The smallest absolute Gasteiger partial charge is 0.303 e. The lowest BCUT2D eigenvalue weighted by Crippen LogP contribution is -2.61. The van der Waals surface area contributed by atoms with Crippen molar-refractivity contribution in [1.82, 2.24) is 36.4 Å². The van der Waals surface area contributed by atoms with E-state index in [1.54, 1.807) is 27.7 Å². The molecular formula is C38H63N9O12S. The van der Waals surface area contributed by atoms with E-state index >= 15 is 0 Å². The summed E-state index contributed by atoms with van der Waals surface area (Å²) < 4.78 is 0. The minimum atomic E-state index is -1.57. The molecule has 0 radical (unpaired) electrons. The zero-order valence-electron chi connectivity index (χ0n) is 35.0. The molecule has 2 aliphatic heterocycles. The first-order chi connectivity index (χ1) is 28.2. The average molecular weight is 870 g/mol. The highest BCUT2D eigenvalue weighted by atomic mass is 32.2. The first-order valence-electron chi connectivity index (χ1n) is 20.2. The largest absolute Gasteiger partial charge is 0.481 e. The van der Waals surface area contributed by atoms with Crippen molar-refractivity contribution in [3.63, 3.8) is 0 Å². The lowest BCUT2D eigenvalue weighted by molar-refractivity contribution is -0.143. The highest BCUT2D eigenvalue weighted by Gasteiger charge is 2.42. The van der Waals surface area contributed by atoms with E-state index in [1.807, 2.05) is 6.26 Å². The molecule has 21 nitrogen and oxygen atoms in total. The second-order valence-electron chi connectivity index (χ2n) is 15.8. The van der Waals surface area contributed by atoms with Crippen LogP contribution >= 0.6 is 11.8 Å². The quantitative estimate of drug-likeness (QED) is 0.0416. The zero-order chi connectivity index (χ0) is 45.3. The molecule has 2 rings (SSSR count). The van der Waals surface area contributed by atoms with Gasteiger partial charge in [0.15, 0.2) is 0 Å². The molecule has 0 saturated carbocycles. The number of rotatable bonds is 25. The molecule has 338 valence electrons. The summed E-state index contributed by atoms with van der Waals surface area (Å²) in [6, 6.07) is -9.47. The van der Waals surface area contributed by atoms with Crippen LogP contribution in [0.2, 0.25) is 0 Å². The fourth-order valence-electron chi connectivity index (χ4n) is 6.99. The van der Waals surface area contributed by atoms with Crippen LogP contribution in [-0.4, -0.2) is 160 Å². The summed E-state index contributed by atoms with van der Waals surface area (Å²) in [7, 11) is 0. The van der Waals surface area contributed by atoms with Gasteiger partial charge in [0.1, 0.15) is 48.6 Å². The Hall–Kier alpha value is -4.83. The van der Waals surface area contributed by atoms with E-state index in [9.17, 15) is 53.1 Å². The normalized spacial score (nSPS) is 19.4. The highest BCUT2D eigenvalue weighted by molar-refractivity contribution is 7.98. The van der Waals surface area contributed by atoms with Gasteiger partial charge in [0.25, 0.3) is 0 Å². The molecule has 8 atom stereocenters. The maximum Gasteiger partial charge on any atom is 0.303 e. The number of aldehydes is 1. The Bertz CT molecular complexity index is 1570. The van der Waals surface area contributed by atoms with Gasteiger partial charge in [-0.25, -0.2) is 0 Å². The second-order valence-corrected chi connectivity index (χ2v) is 16.8. The molecule has 0 aliphatic carbocycles. The van der Waals surface area contributed by atoms with Gasteiger partial charge < -0.3 is 62.9 Å². The fourth-order valence-corrected chi connectivity index (χ4v) is 7.46. The first kappa shape index (κ1) is 51.3. The van der Waals surface area contributed by atoms with Gasteiger partial charge in [0, 0.05) is 19.5 Å². The maximum atomic E-state index is 13.9. The summed E-state index contributed by atoms with van der Waals surface area (Å²) in [5.41, 5.74) is 11.1. The van der Waals surface area contributed by atoms with Gasteiger partial charge in [-0.05, 0) is 68.8 Å². The molecule has 22 heteroatoms. The Morgan fingerprint density at radius 3 is 1.82 bits per heavy atom. The lowest BCUT2D eigenvalue weighted by Gasteiger charge is -2.32. The average Bonchev–Trinajstić information content (AvgIpc) is 3.89. The number of hydrogen-bond donors (Lipinski definition) is 9. The van der Waals surface area contributed by atoms with Crippen LogP contribution in [0, 0.1) is 11.8 Å². The monoisotopic (exact) mass is 869 g/mol. The van der Waals surface area contributed by atoms with E-state index in [-0.39, 0.29) is 57.5 Å². The van der Waals surface area contributed by atoms with Crippen LogP contribution in [0.15, 0.2) is 0 Å². The van der Waals surface area contributed by atoms with Crippen LogP contribution in [0.5, 0.6) is 0 Å². The summed E-state index contributed by atoms with van der Waals surface area (Å²) >= 11 is 1.43. The first-order valence-corrected chi connectivity index (χ1v) is 21.6. The molecule has 8 amide bonds. The highest BCUT2D eigenvalue weighted by Crippen LogP contribution is 2.22. The van der Waals surface area contributed by atoms with E-state index in [0.29, 0.717) is 24.9 Å². The van der Waals surface area contributed by atoms with Crippen LogP contribution < -0.4 is 38.1 Å². The molecule has 2 aliphatic rings. The second kappa shape index (κ2) is 25.1. The van der Waals surface area contributed by atoms with Crippen molar-refractivity contribution in [1.29, 1.82) is 0 Å². The Morgan fingerprint density at radius 1 is 0.767 bits per heavy atom. The minimum Gasteiger partial charge on any atom is -0.481 e. The molecule has 2 saturated heterocycles. The van der Waals surface area contributed by atoms with Crippen LogP contribution in [0.3, 0.4) is 0 Å². The van der Waals surface area contributed by atoms with Gasteiger partial charge in [-0.3, -0.25) is 43.2 Å². The molecule has 0 aromatic rings. The Kier molecular flexibility index (Phi) is 21.4. The predicted molar refractivity (Wildman–Crippen MR) is 218 cm³/mol. The van der Waals surface area contributed by atoms with Gasteiger partial charge in [0.2, 0.25) is 47.3 Å². The van der Waals surface area contributed by atoms with Crippen LogP contribution in [0.4, 0.5) is 0 Å². The van der Waals surface area contributed by atoms with E-state index in [1.165, 1.54) is 21.6 Å². The van der Waals surface area contributed by atoms with Crippen LogP contribution in [0.1, 0.15) is 85.5 Å². The summed E-state index contributed by atoms with van der Waals surface area (Å²) in [5, 5.41) is 31.1. The van der Waals surface area contributed by atoms with E-state index in [0.717, 1.165) is 0 Å². The molecule has 0 spiro atoms. The van der Waals surface area contributed by atoms with Gasteiger partial charge in [0.05, 0.1) is 19.1 Å². The third kappa shape index (κ3) is 15.6. The van der Waals surface area contributed by atoms with Crippen molar-refractivity contribution in [2.45, 2.75) is 134 Å². The molecule has 0 aromatic carbocycles. The number of carboxylic acids is 1. The number of primary amides is 1. The maximum absolute atomic E-state index is 13.9. The number of likely N-dealkylation sites (tertiary alicyclic amines) is 2. The number of nitrogens with zero attached hydrogens (tertiary/aromatic N) is 2. The van der Waals surface area contributed by atoms with E-state index < -0.39 is 121 Å². The molecule has 0 aromatic heterocycles. The van der Waals surface area contributed by atoms with Crippen molar-refractivity contribution >= 4 is 71.3 Å². The predicted octanol–water partition coefficient (Wildman–Crippen LogP) is -2.89. The molecule has 11 N–H and O–H groups in total. The molecular weight excluding hydrogens is 807 g/mol. The number of nitrogens with one attached hydrogen (secondary N) is 5. The number of aliphatic hydroxyl groups is 1. The molecule has 0 bridgehead atoms. The van der Waals surface area contributed by atoms with E-state index in [4.69, 9.17) is 16.6 Å². The topological polar surface area (TPSA) is 330 Å². The van der Waals surface area contributed by atoms with Crippen molar-refractivity contribution in [3.8, 4) is 0 Å². The van der Waals surface area contributed by atoms with E-state index in [2.05, 4.69) is 26.6 Å². The number of aliphatic carboxylic acids is 1. The molecule has 2 fully saturated rings. The Labute approximate surface area is 354 Å². The van der Waals surface area contributed by atoms with Gasteiger partial charge >= 0.3 is 5.97 Å².